The number of halogens is 1. The molecule has 0 saturated carbocycles. The number of hydrogen-bond acceptors (Lipinski definition) is 4. The molecule has 0 spiro atoms. The number of nitrogens with zero attached hydrogens (tertiary/aromatic N) is 1. The molecule has 0 amide bonds. The van der Waals surface area contributed by atoms with Crippen LogP contribution in [0.15, 0.2) is 57.8 Å². The zero-order valence-electron chi connectivity index (χ0n) is 11.4. The first kappa shape index (κ1) is 13.3. The molecule has 1 aliphatic carbocycles. The maximum atomic E-state index is 12.5. The molecule has 0 saturated heterocycles. The van der Waals surface area contributed by atoms with Crippen molar-refractivity contribution in [2.24, 2.45) is 5.16 Å². The van der Waals surface area contributed by atoms with E-state index in [0.717, 1.165) is 26.9 Å². The highest BCUT2D eigenvalue weighted by molar-refractivity contribution is 9.10. The molecule has 108 valence electrons. The van der Waals surface area contributed by atoms with Gasteiger partial charge in [-0.1, -0.05) is 45.4 Å². The molecule has 2 aromatic rings. The third-order valence-electron chi connectivity index (χ3n) is 4.00. The van der Waals surface area contributed by atoms with Gasteiger partial charge in [-0.2, -0.15) is 0 Å². The summed E-state index contributed by atoms with van der Waals surface area (Å²) < 4.78 is 0.948. The minimum atomic E-state index is 0.0320. The fourth-order valence-corrected chi connectivity index (χ4v) is 3.46. The van der Waals surface area contributed by atoms with E-state index < -0.39 is 0 Å². The van der Waals surface area contributed by atoms with E-state index in [1.165, 1.54) is 0 Å². The topological polar surface area (TPSA) is 61.7 Å². The first-order valence-corrected chi connectivity index (χ1v) is 7.63. The maximum Gasteiger partial charge on any atom is 0.170 e. The lowest BCUT2D eigenvalue weighted by atomic mass is 10.0. The molecule has 2 aliphatic rings. The van der Waals surface area contributed by atoms with Crippen LogP contribution >= 0.6 is 15.9 Å². The number of hydrogen-bond donors (Lipinski definition) is 2. The summed E-state index contributed by atoms with van der Waals surface area (Å²) in [6, 6.07) is 13.3. The highest BCUT2D eigenvalue weighted by atomic mass is 79.9. The van der Waals surface area contributed by atoms with E-state index in [0.29, 0.717) is 23.4 Å². The van der Waals surface area contributed by atoms with Crippen LogP contribution in [0.25, 0.3) is 5.57 Å². The van der Waals surface area contributed by atoms with Crippen LogP contribution in [0.3, 0.4) is 0 Å². The van der Waals surface area contributed by atoms with E-state index in [1.807, 2.05) is 42.5 Å². The Labute approximate surface area is 135 Å². The maximum absolute atomic E-state index is 12.5. The molecule has 4 rings (SSSR count). The van der Waals surface area contributed by atoms with Crippen LogP contribution in [0.5, 0.6) is 0 Å². The van der Waals surface area contributed by atoms with Crippen LogP contribution < -0.4 is 5.32 Å². The van der Waals surface area contributed by atoms with Gasteiger partial charge in [-0.25, -0.2) is 0 Å². The van der Waals surface area contributed by atoms with Crippen molar-refractivity contribution in [3.05, 3.63) is 69.3 Å². The fourth-order valence-electron chi connectivity index (χ4n) is 3.05. The molecule has 0 fully saturated rings. The van der Waals surface area contributed by atoms with E-state index in [1.54, 1.807) is 0 Å². The van der Waals surface area contributed by atoms with E-state index in [2.05, 4.69) is 26.4 Å². The Morgan fingerprint density at radius 1 is 1.14 bits per heavy atom. The van der Waals surface area contributed by atoms with E-state index in [-0.39, 0.29) is 5.78 Å². The number of anilines is 1. The second-order valence-electron chi connectivity index (χ2n) is 5.27. The minimum Gasteiger partial charge on any atom is -0.410 e. The van der Waals surface area contributed by atoms with E-state index in [9.17, 15) is 10.0 Å². The number of rotatable bonds is 0. The number of fused-ring (bicyclic) bond motifs is 2. The molecule has 5 heteroatoms. The molecule has 0 radical (unpaired) electrons. The molecular weight excluding hydrogens is 344 g/mol. The number of ketones is 1. The van der Waals surface area contributed by atoms with Crippen molar-refractivity contribution in [1.29, 1.82) is 0 Å². The van der Waals surface area contributed by atoms with Crippen molar-refractivity contribution in [1.82, 2.24) is 0 Å². The quantitative estimate of drug-likeness (QED) is 0.431. The average molecular weight is 355 g/mol. The van der Waals surface area contributed by atoms with Crippen LogP contribution in [0.4, 0.5) is 5.69 Å². The highest BCUT2D eigenvalue weighted by Gasteiger charge is 2.33. The summed E-state index contributed by atoms with van der Waals surface area (Å²) >= 11 is 3.43. The number of oxime groups is 1. The Hall–Kier alpha value is -2.40. The predicted octanol–water partition coefficient (Wildman–Crippen LogP) is 3.59. The van der Waals surface area contributed by atoms with Crippen molar-refractivity contribution < 1.29 is 10.0 Å². The predicted molar refractivity (Wildman–Crippen MR) is 88.2 cm³/mol. The van der Waals surface area contributed by atoms with Crippen molar-refractivity contribution in [3.63, 3.8) is 0 Å². The van der Waals surface area contributed by atoms with Gasteiger partial charge in [-0.15, -0.1) is 0 Å². The number of carbonyl (C=O) groups excluding carboxylic acids is 1. The van der Waals surface area contributed by atoms with Crippen LogP contribution in [0.1, 0.15) is 16.7 Å². The number of para-hydroxylation sites is 1. The standard InChI is InChI=1S/C17H11BrN2O2/c18-10-5-6-11-9(7-10)8-14(21)15(11)17-16(20-22)12-3-1-2-4-13(12)19-17/h1-7,19,22H,8H2/b17-15-,20-16+. The summed E-state index contributed by atoms with van der Waals surface area (Å²) in [4.78, 5) is 12.5. The molecule has 2 N–H and O–H groups in total. The SMILES string of the molecule is O=C1Cc2cc(Br)ccc2/C1=C1/Nc2ccccc2/C1=N\O. The molecular formula is C17H11BrN2O2. The third-order valence-corrected chi connectivity index (χ3v) is 4.49. The molecule has 0 unspecified atom stereocenters. The lowest BCUT2D eigenvalue weighted by Gasteiger charge is -2.06. The lowest BCUT2D eigenvalue weighted by Crippen LogP contribution is -2.09. The van der Waals surface area contributed by atoms with Gasteiger partial charge >= 0.3 is 0 Å². The van der Waals surface area contributed by atoms with Crippen LogP contribution in [-0.4, -0.2) is 16.7 Å². The van der Waals surface area contributed by atoms with E-state index >= 15 is 0 Å². The normalized spacial score (nSPS) is 21.0. The van der Waals surface area contributed by atoms with Gasteiger partial charge in [0.15, 0.2) is 5.78 Å². The van der Waals surface area contributed by atoms with Crippen molar-refractivity contribution in [3.8, 4) is 0 Å². The molecule has 22 heavy (non-hydrogen) atoms. The van der Waals surface area contributed by atoms with Crippen LogP contribution in [-0.2, 0) is 11.2 Å². The molecule has 1 heterocycles. The zero-order chi connectivity index (χ0) is 15.3. The fraction of sp³-hybridized carbons (Fsp3) is 0.0588. The molecule has 0 aromatic heterocycles. The number of Topliss-reactive ketones (excluding diaryl/α,β-unsaturated/α-hetero) is 1. The molecule has 1 aliphatic heterocycles. The Kier molecular flexibility index (Phi) is 2.90. The molecule has 2 aromatic carbocycles. The second kappa shape index (κ2) is 4.81. The summed E-state index contributed by atoms with van der Waals surface area (Å²) in [5.74, 6) is 0.0320. The average Bonchev–Trinajstić information content (AvgIpc) is 3.02. The largest absolute Gasteiger partial charge is 0.410 e. The van der Waals surface area contributed by atoms with Crippen molar-refractivity contribution in [2.45, 2.75) is 6.42 Å². The smallest absolute Gasteiger partial charge is 0.170 e. The van der Waals surface area contributed by atoms with Crippen LogP contribution in [0, 0.1) is 0 Å². The summed E-state index contributed by atoms with van der Waals surface area (Å²) in [6.45, 7) is 0. The van der Waals surface area contributed by atoms with Gasteiger partial charge in [0.2, 0.25) is 0 Å². The van der Waals surface area contributed by atoms with Crippen LogP contribution in [0.2, 0.25) is 0 Å². The highest BCUT2D eigenvalue weighted by Crippen LogP contribution is 2.38. The van der Waals surface area contributed by atoms with Crippen molar-refractivity contribution >= 4 is 38.7 Å². The Bertz CT molecular complexity index is 884. The Balaban J connectivity index is 1.96. The van der Waals surface area contributed by atoms with Gasteiger partial charge < -0.3 is 10.5 Å². The second-order valence-corrected chi connectivity index (χ2v) is 6.19. The molecule has 0 bridgehead atoms. The monoisotopic (exact) mass is 354 g/mol. The number of carbonyl (C=O) groups is 1. The summed E-state index contributed by atoms with van der Waals surface area (Å²) in [5.41, 5.74) is 5.10. The summed E-state index contributed by atoms with van der Waals surface area (Å²) in [7, 11) is 0. The van der Waals surface area contributed by atoms with Gasteiger partial charge in [0.1, 0.15) is 5.71 Å². The van der Waals surface area contributed by atoms with E-state index in [4.69, 9.17) is 0 Å². The number of benzene rings is 2. The molecule has 4 nitrogen and oxygen atoms in total. The Morgan fingerprint density at radius 2 is 1.95 bits per heavy atom. The van der Waals surface area contributed by atoms with Gasteiger partial charge in [0, 0.05) is 22.1 Å². The number of allylic oxidation sites excluding steroid dienone is 2. The minimum absolute atomic E-state index is 0.0320. The van der Waals surface area contributed by atoms with Crippen molar-refractivity contribution in [2.75, 3.05) is 5.32 Å². The molecule has 0 atom stereocenters. The zero-order valence-corrected chi connectivity index (χ0v) is 13.0. The van der Waals surface area contributed by atoms with Gasteiger partial charge in [0.25, 0.3) is 0 Å². The summed E-state index contributed by atoms with van der Waals surface area (Å²) in [6.07, 6.45) is 0.365. The first-order chi connectivity index (χ1) is 10.7. The lowest BCUT2D eigenvalue weighted by molar-refractivity contribution is -0.112. The van der Waals surface area contributed by atoms with Gasteiger partial charge in [-0.3, -0.25) is 4.79 Å². The van der Waals surface area contributed by atoms with Gasteiger partial charge in [0.05, 0.1) is 11.3 Å². The third kappa shape index (κ3) is 1.82. The summed E-state index contributed by atoms with van der Waals surface area (Å²) in [5, 5.41) is 16.1. The van der Waals surface area contributed by atoms with Gasteiger partial charge in [-0.05, 0) is 29.3 Å². The number of nitrogens with one attached hydrogen (secondary N) is 1. The Morgan fingerprint density at radius 3 is 2.77 bits per heavy atom. The first-order valence-electron chi connectivity index (χ1n) is 6.84.